The third kappa shape index (κ3) is 5.08. The van der Waals surface area contributed by atoms with Crippen molar-refractivity contribution in [3.05, 3.63) is 0 Å². The van der Waals surface area contributed by atoms with E-state index in [1.54, 1.807) is 0 Å². The summed E-state index contributed by atoms with van der Waals surface area (Å²) in [7, 11) is 0. The van der Waals surface area contributed by atoms with Gasteiger partial charge in [0, 0.05) is 24.8 Å². The zero-order chi connectivity index (χ0) is 10.6. The van der Waals surface area contributed by atoms with Crippen molar-refractivity contribution < 1.29 is 34.8 Å². The topological polar surface area (TPSA) is 141 Å². The van der Waals surface area contributed by atoms with Gasteiger partial charge in [-0.2, -0.15) is 0 Å². The molecule has 14 heavy (non-hydrogen) atoms. The first-order chi connectivity index (χ1) is 5.78. The van der Waals surface area contributed by atoms with Gasteiger partial charge in [-0.1, -0.05) is 0 Å². The van der Waals surface area contributed by atoms with Crippen LogP contribution in [0, 0.1) is 0 Å². The molecule has 2 radical (unpaired) electrons. The third-order valence-electron chi connectivity index (χ3n) is 1.25. The first-order valence-electron chi connectivity index (χ1n) is 3.11. The number of hydrogen-bond donors (Lipinski definition) is 1. The zero-order valence-electron chi connectivity index (χ0n) is 6.76. The van der Waals surface area contributed by atoms with Crippen LogP contribution in [0.25, 0.3) is 0 Å². The van der Waals surface area contributed by atoms with Crippen LogP contribution in [0.4, 0.5) is 0 Å². The molecule has 0 fully saturated rings. The molecule has 0 aliphatic carbocycles. The molecule has 0 bridgehead atoms. The smallest absolute Gasteiger partial charge is 0.550 e. The Morgan fingerprint density at radius 2 is 1.29 bits per heavy atom. The zero-order valence-corrected chi connectivity index (χ0v) is 10.2. The van der Waals surface area contributed by atoms with Gasteiger partial charge in [0.25, 0.3) is 0 Å². The van der Waals surface area contributed by atoms with Gasteiger partial charge in [0.1, 0.15) is 5.60 Å². The van der Waals surface area contributed by atoms with E-state index in [1.807, 2.05) is 0 Å². The van der Waals surface area contributed by atoms with Crippen LogP contribution in [0.3, 0.4) is 0 Å². The fourth-order valence-corrected chi connectivity index (χ4v) is 0.684. The maximum atomic E-state index is 10.1. The first-order valence-corrected chi connectivity index (χ1v) is 3.11. The van der Waals surface area contributed by atoms with Gasteiger partial charge in [-0.05, 0) is 0 Å². The van der Waals surface area contributed by atoms with Crippen molar-refractivity contribution in [1.82, 2.24) is 0 Å². The van der Waals surface area contributed by atoms with Crippen LogP contribution in [0.5, 0.6) is 0 Å². The minimum absolute atomic E-state index is 0. The third-order valence-corrected chi connectivity index (χ3v) is 1.25. The van der Waals surface area contributed by atoms with Crippen LogP contribution >= 0.6 is 0 Å². The predicted octanol–water partition coefficient (Wildman–Crippen LogP) is -5.63. The number of aliphatic hydroxyl groups is 1. The standard InChI is InChI=1S/C6H8O7.Bi/c7-3(8)1-6(13,5(11)12)2-4(9)10;/h13H,1-2H2,(H,7,8)(H,9,10)(H,11,12);/q;+3/p-3. The fourth-order valence-electron chi connectivity index (χ4n) is 0.684. The second-order valence-corrected chi connectivity index (χ2v) is 2.42. The van der Waals surface area contributed by atoms with E-state index in [-0.39, 0.29) is 26.2 Å². The molecule has 8 heteroatoms. The minimum atomic E-state index is -2.97. The van der Waals surface area contributed by atoms with Crippen LogP contribution in [0.15, 0.2) is 0 Å². The largest absolute Gasteiger partial charge is 3.00 e. The Balaban J connectivity index is 0. The normalized spacial score (nSPS) is 10.1. The molecule has 0 aliphatic rings. The van der Waals surface area contributed by atoms with E-state index in [1.165, 1.54) is 0 Å². The van der Waals surface area contributed by atoms with Crippen molar-refractivity contribution in [1.29, 1.82) is 0 Å². The molecule has 0 atom stereocenters. The van der Waals surface area contributed by atoms with Gasteiger partial charge < -0.3 is 34.8 Å². The summed E-state index contributed by atoms with van der Waals surface area (Å²) in [5.41, 5.74) is -2.97. The van der Waals surface area contributed by atoms with E-state index < -0.39 is 36.4 Å². The van der Waals surface area contributed by atoms with Crippen LogP contribution in [0.1, 0.15) is 12.8 Å². The van der Waals surface area contributed by atoms with Crippen molar-refractivity contribution in [2.75, 3.05) is 0 Å². The minimum Gasteiger partial charge on any atom is -0.550 e. The summed E-state index contributed by atoms with van der Waals surface area (Å²) in [5, 5.41) is 38.9. The second kappa shape index (κ2) is 5.87. The molecule has 0 amide bonds. The molecule has 76 valence electrons. The van der Waals surface area contributed by atoms with Crippen molar-refractivity contribution in [2.45, 2.75) is 18.4 Å². The van der Waals surface area contributed by atoms with Crippen LogP contribution in [-0.2, 0) is 14.4 Å². The quantitative estimate of drug-likeness (QED) is 0.456. The SMILES string of the molecule is O=C([O-])CC(O)(CC(=O)[O-])C(=O)[O-].[Bi+3]. The molecule has 0 spiro atoms. The van der Waals surface area contributed by atoms with Crippen LogP contribution in [0.2, 0.25) is 0 Å². The Hall–Kier alpha value is -0.747. The van der Waals surface area contributed by atoms with Crippen molar-refractivity contribution in [3.8, 4) is 0 Å². The molecule has 0 aromatic rings. The van der Waals surface area contributed by atoms with E-state index in [0.717, 1.165) is 0 Å². The first kappa shape index (κ1) is 15.7. The summed E-state index contributed by atoms with van der Waals surface area (Å²) >= 11 is 0. The maximum absolute atomic E-state index is 10.1. The number of carbonyl (C=O) groups excluding carboxylic acids is 3. The number of rotatable bonds is 5. The van der Waals surface area contributed by atoms with Gasteiger partial charge in [-0.15, -0.1) is 0 Å². The molecule has 7 nitrogen and oxygen atoms in total. The maximum Gasteiger partial charge on any atom is 3.00 e. The molecule has 0 saturated carbocycles. The second-order valence-electron chi connectivity index (χ2n) is 2.42. The Labute approximate surface area is 97.5 Å². The van der Waals surface area contributed by atoms with E-state index in [2.05, 4.69) is 0 Å². The van der Waals surface area contributed by atoms with Gasteiger partial charge >= 0.3 is 26.2 Å². The monoisotopic (exact) mass is 398 g/mol. The Morgan fingerprint density at radius 1 is 1.00 bits per heavy atom. The van der Waals surface area contributed by atoms with Crippen molar-refractivity contribution >= 4 is 44.1 Å². The molecule has 0 saturated heterocycles. The van der Waals surface area contributed by atoms with Gasteiger partial charge in [-0.3, -0.25) is 0 Å². The predicted molar refractivity (Wildman–Crippen MR) is 35.0 cm³/mol. The number of aliphatic carboxylic acids is 3. The average Bonchev–Trinajstić information content (AvgIpc) is 1.82. The summed E-state index contributed by atoms with van der Waals surface area (Å²) in [5.74, 6) is -5.98. The summed E-state index contributed by atoms with van der Waals surface area (Å²) in [6.07, 6.45) is -2.72. The number of hydrogen-bond acceptors (Lipinski definition) is 7. The van der Waals surface area contributed by atoms with E-state index in [9.17, 15) is 29.7 Å². The van der Waals surface area contributed by atoms with Crippen LogP contribution < -0.4 is 15.3 Å². The fraction of sp³-hybridized carbons (Fsp3) is 0.500. The molecule has 0 rings (SSSR count). The number of carboxylic acid groups (broad SMARTS) is 3. The van der Waals surface area contributed by atoms with E-state index in [4.69, 9.17) is 5.11 Å². The molecule has 0 aliphatic heterocycles. The molecular formula is C6H5BiO7. The van der Waals surface area contributed by atoms with Gasteiger partial charge in [-0.25, -0.2) is 0 Å². The number of carboxylic acids is 3. The average molecular weight is 398 g/mol. The van der Waals surface area contributed by atoms with Gasteiger partial charge in [0.15, 0.2) is 0 Å². The molecule has 1 N–H and O–H groups in total. The molecule has 0 aromatic heterocycles. The Bertz CT molecular complexity index is 233. The molecule has 0 heterocycles. The van der Waals surface area contributed by atoms with Gasteiger partial charge in [0.2, 0.25) is 0 Å². The Kier molecular flexibility index (Phi) is 6.59. The molecular weight excluding hydrogens is 393 g/mol. The van der Waals surface area contributed by atoms with E-state index >= 15 is 0 Å². The van der Waals surface area contributed by atoms with Crippen LogP contribution in [-0.4, -0.2) is 54.8 Å². The van der Waals surface area contributed by atoms with Crippen molar-refractivity contribution in [2.24, 2.45) is 0 Å². The Morgan fingerprint density at radius 3 is 1.43 bits per heavy atom. The summed E-state index contributed by atoms with van der Waals surface area (Å²) in [6, 6.07) is 0. The molecule has 0 unspecified atom stereocenters. The summed E-state index contributed by atoms with van der Waals surface area (Å²) in [6.45, 7) is 0. The summed E-state index contributed by atoms with van der Waals surface area (Å²) in [4.78, 5) is 30.0. The summed E-state index contributed by atoms with van der Waals surface area (Å²) < 4.78 is 0. The van der Waals surface area contributed by atoms with Crippen molar-refractivity contribution in [3.63, 3.8) is 0 Å². The number of carbonyl (C=O) groups is 3. The van der Waals surface area contributed by atoms with E-state index in [0.29, 0.717) is 0 Å². The van der Waals surface area contributed by atoms with Gasteiger partial charge in [0.05, 0.1) is 5.97 Å². The molecule has 0 aromatic carbocycles.